The summed E-state index contributed by atoms with van der Waals surface area (Å²) in [5, 5.41) is 9.89. The number of carbonyl (C=O) groups is 1. The van der Waals surface area contributed by atoms with Crippen LogP contribution in [0.2, 0.25) is 0 Å². The molecule has 3 aromatic rings. The summed E-state index contributed by atoms with van der Waals surface area (Å²) in [7, 11) is 0. The van der Waals surface area contributed by atoms with E-state index in [2.05, 4.69) is 6.07 Å². The van der Waals surface area contributed by atoms with Crippen LogP contribution in [0.25, 0.3) is 0 Å². The van der Waals surface area contributed by atoms with E-state index in [4.69, 9.17) is 29.4 Å². The zero-order valence-electron chi connectivity index (χ0n) is 21.7. The molecule has 1 aliphatic rings. The fourth-order valence-corrected chi connectivity index (χ4v) is 4.16. The maximum Gasteiger partial charge on any atom is 0.343 e. The molecule has 1 atom stereocenters. The van der Waals surface area contributed by atoms with Gasteiger partial charge in [-0.15, -0.1) is 0 Å². The Morgan fingerprint density at radius 2 is 1.63 bits per heavy atom. The van der Waals surface area contributed by atoms with E-state index < -0.39 is 11.9 Å². The van der Waals surface area contributed by atoms with Crippen LogP contribution in [0.1, 0.15) is 54.6 Å². The van der Waals surface area contributed by atoms with Crippen LogP contribution in [0.4, 0.5) is 0 Å². The maximum atomic E-state index is 12.7. The Hall–Kier alpha value is -4.64. The normalized spacial score (nSPS) is 14.1. The van der Waals surface area contributed by atoms with Crippen LogP contribution in [-0.4, -0.2) is 25.8 Å². The van der Waals surface area contributed by atoms with Gasteiger partial charge in [0.2, 0.25) is 5.88 Å². The quantitative estimate of drug-likeness (QED) is 0.270. The van der Waals surface area contributed by atoms with Gasteiger partial charge in [0.1, 0.15) is 28.9 Å². The summed E-state index contributed by atoms with van der Waals surface area (Å²) in [6.07, 6.45) is 0.896. The van der Waals surface area contributed by atoms with Crippen molar-refractivity contribution >= 4 is 5.97 Å². The summed E-state index contributed by atoms with van der Waals surface area (Å²) in [5.41, 5.74) is 8.31. The molecule has 0 aromatic heterocycles. The number of rotatable bonds is 10. The summed E-state index contributed by atoms with van der Waals surface area (Å²) < 4.78 is 28.4. The minimum absolute atomic E-state index is 0.0111. The number of fused-ring (bicyclic) bond motifs is 1. The molecule has 196 valence electrons. The number of benzene rings is 3. The van der Waals surface area contributed by atoms with Crippen LogP contribution < -0.4 is 29.4 Å². The lowest BCUT2D eigenvalue weighted by atomic mass is 9.83. The predicted molar refractivity (Wildman–Crippen MR) is 142 cm³/mol. The van der Waals surface area contributed by atoms with Gasteiger partial charge in [-0.2, -0.15) is 5.26 Å². The molecule has 0 bridgehead atoms. The van der Waals surface area contributed by atoms with Crippen LogP contribution in [0.15, 0.2) is 72.1 Å². The molecular formula is C30H30N2O6. The fourth-order valence-electron chi connectivity index (χ4n) is 4.16. The first-order valence-corrected chi connectivity index (χ1v) is 12.5. The van der Waals surface area contributed by atoms with E-state index in [1.54, 1.807) is 42.5 Å². The van der Waals surface area contributed by atoms with Crippen molar-refractivity contribution in [1.82, 2.24) is 0 Å². The van der Waals surface area contributed by atoms with Crippen molar-refractivity contribution in [2.45, 2.75) is 33.1 Å². The van der Waals surface area contributed by atoms with Gasteiger partial charge in [-0.05, 0) is 68.3 Å². The van der Waals surface area contributed by atoms with E-state index in [0.717, 1.165) is 12.0 Å². The summed E-state index contributed by atoms with van der Waals surface area (Å²) >= 11 is 0. The first-order valence-electron chi connectivity index (χ1n) is 12.5. The molecule has 1 unspecified atom stereocenters. The average molecular weight is 515 g/mol. The highest BCUT2D eigenvalue weighted by Crippen LogP contribution is 2.45. The molecule has 0 radical (unpaired) electrons. The lowest BCUT2D eigenvalue weighted by molar-refractivity contribution is 0.0734. The Kier molecular flexibility index (Phi) is 8.39. The van der Waals surface area contributed by atoms with Gasteiger partial charge in [0.05, 0.1) is 31.3 Å². The molecule has 0 amide bonds. The number of esters is 1. The molecule has 0 saturated heterocycles. The topological polar surface area (TPSA) is 113 Å². The van der Waals surface area contributed by atoms with E-state index in [-0.39, 0.29) is 17.2 Å². The number of ether oxygens (including phenoxy) is 5. The van der Waals surface area contributed by atoms with E-state index in [0.29, 0.717) is 53.9 Å². The van der Waals surface area contributed by atoms with E-state index in [1.807, 2.05) is 39.0 Å². The number of nitriles is 1. The third-order valence-corrected chi connectivity index (χ3v) is 5.86. The van der Waals surface area contributed by atoms with Gasteiger partial charge in [-0.25, -0.2) is 4.79 Å². The minimum atomic E-state index is -0.520. The first-order chi connectivity index (χ1) is 18.5. The standard InChI is InChI=1S/C30H30N2O6/c1-4-15-36-21-10-7-19(8-11-21)30(33)37-22-12-13-23-26(17-22)38-29(32)24(18-31)28(23)20-9-14-25(34-5-2)27(16-20)35-6-3/h7-14,16-17,28H,4-6,15,32H2,1-3H3. The van der Waals surface area contributed by atoms with E-state index in [9.17, 15) is 10.1 Å². The predicted octanol–water partition coefficient (Wildman–Crippen LogP) is 5.71. The molecule has 3 aromatic carbocycles. The Morgan fingerprint density at radius 1 is 0.921 bits per heavy atom. The van der Waals surface area contributed by atoms with Crippen molar-refractivity contribution in [2.24, 2.45) is 5.73 Å². The van der Waals surface area contributed by atoms with Crippen LogP contribution >= 0.6 is 0 Å². The smallest absolute Gasteiger partial charge is 0.343 e. The van der Waals surface area contributed by atoms with Crippen LogP contribution in [-0.2, 0) is 0 Å². The van der Waals surface area contributed by atoms with Gasteiger partial charge in [-0.3, -0.25) is 0 Å². The summed E-state index contributed by atoms with van der Waals surface area (Å²) in [6.45, 7) is 7.37. The SMILES string of the molecule is CCCOc1ccc(C(=O)Oc2ccc3c(c2)OC(N)=C(C#N)C3c2ccc(OCC)c(OCC)c2)cc1. The van der Waals surface area contributed by atoms with Crippen LogP contribution in [0, 0.1) is 11.3 Å². The van der Waals surface area contributed by atoms with E-state index in [1.165, 1.54) is 0 Å². The van der Waals surface area contributed by atoms with E-state index >= 15 is 0 Å². The maximum absolute atomic E-state index is 12.7. The molecule has 1 heterocycles. The lowest BCUT2D eigenvalue weighted by Gasteiger charge is -2.27. The number of nitrogens with zero attached hydrogens (tertiary/aromatic N) is 1. The highest BCUT2D eigenvalue weighted by Gasteiger charge is 2.32. The van der Waals surface area contributed by atoms with Crippen LogP contribution in [0.3, 0.4) is 0 Å². The molecule has 0 aliphatic carbocycles. The molecule has 38 heavy (non-hydrogen) atoms. The minimum Gasteiger partial charge on any atom is -0.494 e. The molecule has 0 spiro atoms. The Balaban J connectivity index is 1.62. The monoisotopic (exact) mass is 514 g/mol. The first kappa shape index (κ1) is 26.4. The second-order valence-corrected chi connectivity index (χ2v) is 8.46. The summed E-state index contributed by atoms with van der Waals surface area (Å²) in [5.74, 6) is 1.53. The zero-order chi connectivity index (χ0) is 27.1. The molecule has 0 fully saturated rings. The zero-order valence-corrected chi connectivity index (χ0v) is 21.7. The number of hydrogen-bond donors (Lipinski definition) is 1. The highest BCUT2D eigenvalue weighted by molar-refractivity contribution is 5.91. The summed E-state index contributed by atoms with van der Waals surface area (Å²) in [4.78, 5) is 12.7. The van der Waals surface area contributed by atoms with Crippen molar-refractivity contribution in [2.75, 3.05) is 19.8 Å². The fraction of sp³-hybridized carbons (Fsp3) is 0.267. The molecule has 0 saturated carbocycles. The van der Waals surface area contributed by atoms with Crippen molar-refractivity contribution < 1.29 is 28.5 Å². The van der Waals surface area contributed by atoms with Gasteiger partial charge in [0.15, 0.2) is 11.5 Å². The third kappa shape index (κ3) is 5.68. The number of allylic oxidation sites excluding steroid dienone is 1. The number of hydrogen-bond acceptors (Lipinski definition) is 8. The lowest BCUT2D eigenvalue weighted by Crippen LogP contribution is -2.21. The van der Waals surface area contributed by atoms with Gasteiger partial charge < -0.3 is 29.4 Å². The van der Waals surface area contributed by atoms with Gasteiger partial charge in [-0.1, -0.05) is 19.1 Å². The Bertz CT molecular complexity index is 1370. The Labute approximate surface area is 222 Å². The van der Waals surface area contributed by atoms with Gasteiger partial charge in [0.25, 0.3) is 0 Å². The Morgan fingerprint density at radius 3 is 2.32 bits per heavy atom. The molecule has 8 nitrogen and oxygen atoms in total. The molecule has 8 heteroatoms. The van der Waals surface area contributed by atoms with Gasteiger partial charge >= 0.3 is 5.97 Å². The summed E-state index contributed by atoms with van der Waals surface area (Å²) in [6, 6.07) is 19.5. The van der Waals surface area contributed by atoms with Gasteiger partial charge in [0, 0.05) is 11.6 Å². The van der Waals surface area contributed by atoms with Crippen molar-refractivity contribution in [3.63, 3.8) is 0 Å². The van der Waals surface area contributed by atoms with Crippen molar-refractivity contribution in [3.8, 4) is 34.8 Å². The van der Waals surface area contributed by atoms with Crippen molar-refractivity contribution in [3.05, 3.63) is 88.8 Å². The second-order valence-electron chi connectivity index (χ2n) is 8.46. The molecule has 2 N–H and O–H groups in total. The average Bonchev–Trinajstić information content (AvgIpc) is 2.92. The number of carbonyl (C=O) groups excluding carboxylic acids is 1. The highest BCUT2D eigenvalue weighted by atomic mass is 16.5. The third-order valence-electron chi connectivity index (χ3n) is 5.86. The molecule has 1 aliphatic heterocycles. The second kappa shape index (κ2) is 12.1. The van der Waals surface area contributed by atoms with Crippen LogP contribution in [0.5, 0.6) is 28.7 Å². The largest absolute Gasteiger partial charge is 0.494 e. The van der Waals surface area contributed by atoms with Crippen molar-refractivity contribution in [1.29, 1.82) is 5.26 Å². The molecule has 4 rings (SSSR count). The molecular weight excluding hydrogens is 484 g/mol. The number of nitrogens with two attached hydrogens (primary N) is 1.